The minimum atomic E-state index is 0. The maximum atomic E-state index is 5.49. The zero-order chi connectivity index (χ0) is 18.9. The number of aryl methyl sites for hydroxylation is 1. The Labute approximate surface area is 178 Å². The molecule has 0 amide bonds. The Bertz CT molecular complexity index is 733. The molecule has 1 N–H and O–H groups in total. The van der Waals surface area contributed by atoms with E-state index in [1.165, 1.54) is 0 Å². The lowest BCUT2D eigenvalue weighted by atomic mass is 10.2. The summed E-state index contributed by atoms with van der Waals surface area (Å²) in [6.45, 7) is 7.00. The lowest BCUT2D eigenvalue weighted by Gasteiger charge is -2.23. The third kappa shape index (κ3) is 6.93. The van der Waals surface area contributed by atoms with Gasteiger partial charge < -0.3 is 19.7 Å². The largest absolute Gasteiger partial charge is 0.497 e. The molecule has 0 atom stereocenters. The molecular formula is C19H30IN5O2. The van der Waals surface area contributed by atoms with Gasteiger partial charge in [-0.05, 0) is 31.5 Å². The first-order valence-electron chi connectivity index (χ1n) is 8.76. The molecule has 0 radical (unpaired) electrons. The highest BCUT2D eigenvalue weighted by molar-refractivity contribution is 14.0. The number of ether oxygens (including phenoxy) is 2. The van der Waals surface area contributed by atoms with Gasteiger partial charge in [-0.25, -0.2) is 0 Å². The van der Waals surface area contributed by atoms with Crippen molar-refractivity contribution in [2.75, 3.05) is 34.4 Å². The van der Waals surface area contributed by atoms with Crippen LogP contribution in [0.5, 0.6) is 11.5 Å². The number of nitrogens with zero attached hydrogens (tertiary/aromatic N) is 4. The van der Waals surface area contributed by atoms with E-state index in [2.05, 4.69) is 22.2 Å². The Kier molecular flexibility index (Phi) is 9.98. The van der Waals surface area contributed by atoms with Gasteiger partial charge >= 0.3 is 0 Å². The fraction of sp³-hybridized carbons (Fsp3) is 0.474. The Balaban J connectivity index is 0.00000364. The van der Waals surface area contributed by atoms with Crippen LogP contribution in [0.15, 0.2) is 35.6 Å². The third-order valence-electron chi connectivity index (χ3n) is 3.95. The molecule has 1 aromatic carbocycles. The van der Waals surface area contributed by atoms with Crippen LogP contribution >= 0.6 is 24.0 Å². The second-order valence-electron chi connectivity index (χ2n) is 6.05. The fourth-order valence-corrected chi connectivity index (χ4v) is 2.63. The summed E-state index contributed by atoms with van der Waals surface area (Å²) in [7, 11) is 5.34. The van der Waals surface area contributed by atoms with Crippen molar-refractivity contribution < 1.29 is 9.47 Å². The molecule has 1 aromatic heterocycles. The van der Waals surface area contributed by atoms with Crippen LogP contribution in [0.2, 0.25) is 0 Å². The highest BCUT2D eigenvalue weighted by Crippen LogP contribution is 2.25. The Morgan fingerprint density at radius 2 is 2.07 bits per heavy atom. The summed E-state index contributed by atoms with van der Waals surface area (Å²) >= 11 is 0. The van der Waals surface area contributed by atoms with E-state index in [4.69, 9.17) is 14.5 Å². The van der Waals surface area contributed by atoms with Crippen LogP contribution in [-0.4, -0.2) is 55.0 Å². The predicted molar refractivity (Wildman–Crippen MR) is 119 cm³/mol. The van der Waals surface area contributed by atoms with Gasteiger partial charge in [0.1, 0.15) is 11.5 Å². The Morgan fingerprint density at radius 1 is 1.30 bits per heavy atom. The normalized spacial score (nSPS) is 10.9. The van der Waals surface area contributed by atoms with Gasteiger partial charge in [0.15, 0.2) is 5.96 Å². The monoisotopic (exact) mass is 487 g/mol. The number of guanidine groups is 1. The van der Waals surface area contributed by atoms with Crippen molar-refractivity contribution in [1.29, 1.82) is 0 Å². The average Bonchev–Trinajstić information content (AvgIpc) is 3.06. The topological polar surface area (TPSA) is 63.9 Å². The van der Waals surface area contributed by atoms with Crippen LogP contribution in [0.1, 0.15) is 18.1 Å². The summed E-state index contributed by atoms with van der Waals surface area (Å²) in [5.74, 6) is 2.44. The molecule has 2 aromatic rings. The quantitative estimate of drug-likeness (QED) is 0.353. The minimum absolute atomic E-state index is 0. The summed E-state index contributed by atoms with van der Waals surface area (Å²) in [6.07, 6.45) is 3.88. The van der Waals surface area contributed by atoms with E-state index in [0.29, 0.717) is 13.1 Å². The highest BCUT2D eigenvalue weighted by atomic mass is 127. The molecule has 27 heavy (non-hydrogen) atoms. The van der Waals surface area contributed by atoms with Gasteiger partial charge in [0.2, 0.25) is 0 Å². The number of rotatable bonds is 8. The zero-order valence-corrected chi connectivity index (χ0v) is 19.1. The fourth-order valence-electron chi connectivity index (χ4n) is 2.63. The van der Waals surface area contributed by atoms with Gasteiger partial charge in [0.25, 0.3) is 0 Å². The average molecular weight is 487 g/mol. The molecule has 0 aliphatic heterocycles. The van der Waals surface area contributed by atoms with Gasteiger partial charge in [-0.15, -0.1) is 24.0 Å². The number of aliphatic imine (C=N–C) groups is 1. The molecule has 150 valence electrons. The molecule has 7 nitrogen and oxygen atoms in total. The zero-order valence-electron chi connectivity index (χ0n) is 16.7. The molecule has 1 heterocycles. The van der Waals surface area contributed by atoms with E-state index in [9.17, 15) is 0 Å². The van der Waals surface area contributed by atoms with Crippen LogP contribution in [0, 0.1) is 6.92 Å². The molecule has 0 fully saturated rings. The van der Waals surface area contributed by atoms with Crippen molar-refractivity contribution in [1.82, 2.24) is 20.0 Å². The number of aromatic nitrogens is 2. The van der Waals surface area contributed by atoms with E-state index in [1.807, 2.05) is 49.2 Å². The van der Waals surface area contributed by atoms with Crippen molar-refractivity contribution in [2.45, 2.75) is 26.9 Å². The van der Waals surface area contributed by atoms with Gasteiger partial charge in [-0.1, -0.05) is 0 Å². The Morgan fingerprint density at radius 3 is 2.67 bits per heavy atom. The van der Waals surface area contributed by atoms with Crippen LogP contribution in [0.3, 0.4) is 0 Å². The lowest BCUT2D eigenvalue weighted by molar-refractivity contribution is 0.382. The van der Waals surface area contributed by atoms with E-state index in [0.717, 1.165) is 41.7 Å². The van der Waals surface area contributed by atoms with E-state index in [1.54, 1.807) is 14.2 Å². The van der Waals surface area contributed by atoms with E-state index in [-0.39, 0.29) is 24.0 Å². The number of methoxy groups -OCH3 is 2. The van der Waals surface area contributed by atoms with Crippen molar-refractivity contribution in [3.8, 4) is 11.5 Å². The molecule has 0 spiro atoms. The summed E-state index contributed by atoms with van der Waals surface area (Å²) in [5.41, 5.74) is 2.23. The standard InChI is InChI=1S/C19H29N5O2.HI/c1-6-20-19(21-9-10-24-13-15(2)12-22-24)23(3)14-16-7-8-17(25-4)11-18(16)26-5;/h7-8,11-13H,6,9-10,14H2,1-5H3,(H,20,21);1H. The molecule has 0 saturated heterocycles. The van der Waals surface area contributed by atoms with Gasteiger partial charge in [-0.3, -0.25) is 9.67 Å². The molecule has 0 aliphatic rings. The highest BCUT2D eigenvalue weighted by Gasteiger charge is 2.11. The molecule has 0 unspecified atom stereocenters. The maximum absolute atomic E-state index is 5.49. The summed E-state index contributed by atoms with van der Waals surface area (Å²) in [4.78, 5) is 6.79. The first-order chi connectivity index (χ1) is 12.6. The van der Waals surface area contributed by atoms with Crippen molar-refractivity contribution in [3.05, 3.63) is 41.7 Å². The minimum Gasteiger partial charge on any atom is -0.497 e. The third-order valence-corrected chi connectivity index (χ3v) is 3.95. The smallest absolute Gasteiger partial charge is 0.194 e. The number of nitrogens with one attached hydrogen (secondary N) is 1. The van der Waals surface area contributed by atoms with E-state index < -0.39 is 0 Å². The summed E-state index contributed by atoms with van der Waals surface area (Å²) < 4.78 is 12.7. The molecule has 0 saturated carbocycles. The Hall–Kier alpha value is -1.97. The number of benzene rings is 1. The second kappa shape index (κ2) is 11.7. The molecule has 0 aliphatic carbocycles. The lowest BCUT2D eigenvalue weighted by Crippen LogP contribution is -2.38. The van der Waals surface area contributed by atoms with Crippen LogP contribution in [0.4, 0.5) is 0 Å². The van der Waals surface area contributed by atoms with Gasteiger partial charge in [-0.2, -0.15) is 5.10 Å². The maximum Gasteiger partial charge on any atom is 0.194 e. The number of hydrogen-bond donors (Lipinski definition) is 1. The number of hydrogen-bond acceptors (Lipinski definition) is 4. The molecular weight excluding hydrogens is 457 g/mol. The van der Waals surface area contributed by atoms with Gasteiger partial charge in [0, 0.05) is 38.0 Å². The molecule has 0 bridgehead atoms. The van der Waals surface area contributed by atoms with Crippen LogP contribution in [0.25, 0.3) is 0 Å². The van der Waals surface area contributed by atoms with Crippen molar-refractivity contribution >= 4 is 29.9 Å². The summed E-state index contributed by atoms with van der Waals surface area (Å²) in [5, 5.41) is 7.63. The van der Waals surface area contributed by atoms with Crippen LogP contribution < -0.4 is 14.8 Å². The second-order valence-corrected chi connectivity index (χ2v) is 6.05. The molecule has 2 rings (SSSR count). The van der Waals surface area contributed by atoms with Crippen molar-refractivity contribution in [2.24, 2.45) is 4.99 Å². The first-order valence-corrected chi connectivity index (χ1v) is 8.76. The predicted octanol–water partition coefficient (Wildman–Crippen LogP) is 2.92. The molecule has 8 heteroatoms. The van der Waals surface area contributed by atoms with Crippen LogP contribution in [-0.2, 0) is 13.1 Å². The SMILES string of the molecule is CCNC(=NCCn1cc(C)cn1)N(C)Cc1ccc(OC)cc1OC.I. The van der Waals surface area contributed by atoms with Gasteiger partial charge in [0.05, 0.1) is 33.5 Å². The number of halogens is 1. The summed E-state index contributed by atoms with van der Waals surface area (Å²) in [6, 6.07) is 5.85. The van der Waals surface area contributed by atoms with E-state index >= 15 is 0 Å². The first kappa shape index (κ1) is 23.1. The van der Waals surface area contributed by atoms with Crippen molar-refractivity contribution in [3.63, 3.8) is 0 Å².